The summed E-state index contributed by atoms with van der Waals surface area (Å²) >= 11 is 0. The fourth-order valence-corrected chi connectivity index (χ4v) is 1.74. The van der Waals surface area contributed by atoms with Gasteiger partial charge in [-0.05, 0) is 11.6 Å². The summed E-state index contributed by atoms with van der Waals surface area (Å²) in [6, 6.07) is 7.47. The molecule has 1 aliphatic heterocycles. The summed E-state index contributed by atoms with van der Waals surface area (Å²) in [6.07, 6.45) is 0. The van der Waals surface area contributed by atoms with Gasteiger partial charge in [-0.15, -0.1) is 0 Å². The van der Waals surface area contributed by atoms with Crippen molar-refractivity contribution >= 4 is 11.7 Å². The van der Waals surface area contributed by atoms with Crippen LogP contribution in [0.15, 0.2) is 24.3 Å². The van der Waals surface area contributed by atoms with Crippen molar-refractivity contribution in [3.63, 3.8) is 0 Å². The lowest BCUT2D eigenvalue weighted by atomic mass is 10.2. The van der Waals surface area contributed by atoms with Gasteiger partial charge >= 0.3 is 6.03 Å². The van der Waals surface area contributed by atoms with Crippen LogP contribution in [-0.2, 0) is 11.3 Å². The number of hydrogen-bond acceptors (Lipinski definition) is 3. The van der Waals surface area contributed by atoms with Crippen LogP contribution in [0.25, 0.3) is 0 Å². The van der Waals surface area contributed by atoms with Crippen LogP contribution in [-0.4, -0.2) is 37.2 Å². The summed E-state index contributed by atoms with van der Waals surface area (Å²) in [5.41, 5.74) is 7.44. The molecule has 0 atom stereocenters. The third kappa shape index (κ3) is 3.10. The Hall–Kier alpha value is -1.75. The van der Waals surface area contributed by atoms with E-state index in [1.54, 1.807) is 4.90 Å². The van der Waals surface area contributed by atoms with Gasteiger partial charge in [-0.25, -0.2) is 4.79 Å². The van der Waals surface area contributed by atoms with Crippen molar-refractivity contribution in [2.45, 2.75) is 6.54 Å². The first-order chi connectivity index (χ1) is 8.27. The number of amides is 2. The quantitative estimate of drug-likeness (QED) is 0.745. The second kappa shape index (κ2) is 5.54. The predicted octanol–water partition coefficient (Wildman–Crippen LogP) is 0.811. The Kier molecular flexibility index (Phi) is 3.82. The number of rotatable bonds is 2. The van der Waals surface area contributed by atoms with E-state index in [2.05, 4.69) is 5.32 Å². The van der Waals surface area contributed by atoms with E-state index in [9.17, 15) is 4.79 Å². The first-order valence-corrected chi connectivity index (χ1v) is 5.71. The third-order valence-electron chi connectivity index (χ3n) is 2.78. The molecule has 0 spiro atoms. The largest absolute Gasteiger partial charge is 0.398 e. The second-order valence-electron chi connectivity index (χ2n) is 3.96. The smallest absolute Gasteiger partial charge is 0.317 e. The third-order valence-corrected chi connectivity index (χ3v) is 2.78. The zero-order valence-electron chi connectivity index (χ0n) is 9.69. The molecule has 17 heavy (non-hydrogen) atoms. The molecule has 0 aliphatic carbocycles. The Morgan fingerprint density at radius 3 is 2.76 bits per heavy atom. The average molecular weight is 235 g/mol. The number of carbonyl (C=O) groups excluding carboxylic acids is 1. The average Bonchev–Trinajstić information content (AvgIpc) is 2.38. The fraction of sp³-hybridized carbons (Fsp3) is 0.417. The first-order valence-electron chi connectivity index (χ1n) is 5.71. The maximum absolute atomic E-state index is 11.8. The molecule has 1 saturated heterocycles. The summed E-state index contributed by atoms with van der Waals surface area (Å²) in [5, 5.41) is 2.86. The highest BCUT2D eigenvalue weighted by atomic mass is 16.5. The molecular formula is C12H17N3O2. The molecule has 2 amide bonds. The Labute approximate surface area is 101 Å². The van der Waals surface area contributed by atoms with Crippen LogP contribution in [0.4, 0.5) is 10.5 Å². The topological polar surface area (TPSA) is 67.6 Å². The van der Waals surface area contributed by atoms with Crippen molar-refractivity contribution in [2.75, 3.05) is 32.0 Å². The number of ether oxygens (including phenoxy) is 1. The molecule has 1 aromatic carbocycles. The van der Waals surface area contributed by atoms with E-state index in [0.29, 0.717) is 38.5 Å². The molecular weight excluding hydrogens is 218 g/mol. The van der Waals surface area contributed by atoms with E-state index in [4.69, 9.17) is 10.5 Å². The number of benzene rings is 1. The maximum atomic E-state index is 11.8. The molecule has 0 unspecified atom stereocenters. The van der Waals surface area contributed by atoms with E-state index in [0.717, 1.165) is 5.56 Å². The fourth-order valence-electron chi connectivity index (χ4n) is 1.74. The van der Waals surface area contributed by atoms with Crippen LogP contribution in [0.5, 0.6) is 0 Å². The van der Waals surface area contributed by atoms with Gasteiger partial charge in [0.2, 0.25) is 0 Å². The first kappa shape index (κ1) is 11.7. The van der Waals surface area contributed by atoms with E-state index < -0.39 is 0 Å². The zero-order valence-corrected chi connectivity index (χ0v) is 9.69. The molecule has 3 N–H and O–H groups in total. The molecule has 1 aromatic rings. The maximum Gasteiger partial charge on any atom is 0.317 e. The van der Waals surface area contributed by atoms with Gasteiger partial charge in [0, 0.05) is 25.3 Å². The second-order valence-corrected chi connectivity index (χ2v) is 3.96. The standard InChI is InChI=1S/C12H17N3O2/c13-11-4-2-1-3-10(11)9-14-12(16)15-5-7-17-8-6-15/h1-4H,5-9,13H2,(H,14,16). The van der Waals surface area contributed by atoms with Crippen LogP contribution < -0.4 is 11.1 Å². The normalized spacial score (nSPS) is 15.6. The minimum absolute atomic E-state index is 0.0587. The number of hydrogen-bond donors (Lipinski definition) is 2. The lowest BCUT2D eigenvalue weighted by Gasteiger charge is -2.27. The van der Waals surface area contributed by atoms with Crippen LogP contribution in [0.1, 0.15) is 5.56 Å². The molecule has 92 valence electrons. The molecule has 0 saturated carbocycles. The molecule has 2 rings (SSSR count). The van der Waals surface area contributed by atoms with Crippen molar-refractivity contribution in [2.24, 2.45) is 0 Å². The number of para-hydroxylation sites is 1. The highest BCUT2D eigenvalue weighted by Gasteiger charge is 2.16. The number of anilines is 1. The number of carbonyl (C=O) groups is 1. The highest BCUT2D eigenvalue weighted by molar-refractivity contribution is 5.74. The summed E-state index contributed by atoms with van der Waals surface area (Å²) in [5.74, 6) is 0. The molecule has 1 heterocycles. The Morgan fingerprint density at radius 2 is 2.06 bits per heavy atom. The lowest BCUT2D eigenvalue weighted by molar-refractivity contribution is 0.0531. The van der Waals surface area contributed by atoms with Crippen molar-refractivity contribution < 1.29 is 9.53 Å². The van der Waals surface area contributed by atoms with Crippen LogP contribution in [0, 0.1) is 0 Å². The molecule has 5 heteroatoms. The number of nitrogen functional groups attached to an aromatic ring is 1. The number of nitrogens with two attached hydrogens (primary N) is 1. The molecule has 5 nitrogen and oxygen atoms in total. The Bertz CT molecular complexity index is 389. The number of urea groups is 1. The molecule has 1 aliphatic rings. The van der Waals surface area contributed by atoms with Crippen molar-refractivity contribution in [1.82, 2.24) is 10.2 Å². The van der Waals surface area contributed by atoms with Gasteiger partial charge in [0.1, 0.15) is 0 Å². The number of nitrogens with zero attached hydrogens (tertiary/aromatic N) is 1. The minimum atomic E-state index is -0.0587. The van der Waals surface area contributed by atoms with Crippen LogP contribution in [0.2, 0.25) is 0 Å². The summed E-state index contributed by atoms with van der Waals surface area (Å²) < 4.78 is 5.19. The van der Waals surface area contributed by atoms with Gasteiger partial charge in [0.25, 0.3) is 0 Å². The van der Waals surface area contributed by atoms with Gasteiger partial charge in [0.15, 0.2) is 0 Å². The zero-order chi connectivity index (χ0) is 12.1. The molecule has 1 fully saturated rings. The lowest BCUT2D eigenvalue weighted by Crippen LogP contribution is -2.45. The van der Waals surface area contributed by atoms with Crippen LogP contribution >= 0.6 is 0 Å². The van der Waals surface area contributed by atoms with Crippen molar-refractivity contribution in [1.29, 1.82) is 0 Å². The van der Waals surface area contributed by atoms with Crippen molar-refractivity contribution in [3.05, 3.63) is 29.8 Å². The molecule has 0 aromatic heterocycles. The van der Waals surface area contributed by atoms with Gasteiger partial charge in [-0.2, -0.15) is 0 Å². The Morgan fingerprint density at radius 1 is 1.35 bits per heavy atom. The summed E-state index contributed by atoms with van der Waals surface area (Å²) in [7, 11) is 0. The minimum Gasteiger partial charge on any atom is -0.398 e. The van der Waals surface area contributed by atoms with Gasteiger partial charge in [-0.3, -0.25) is 0 Å². The van der Waals surface area contributed by atoms with E-state index in [1.165, 1.54) is 0 Å². The van der Waals surface area contributed by atoms with E-state index in [1.807, 2.05) is 24.3 Å². The van der Waals surface area contributed by atoms with Gasteiger partial charge in [-0.1, -0.05) is 18.2 Å². The number of nitrogens with one attached hydrogen (secondary N) is 1. The number of morpholine rings is 1. The molecule has 0 radical (unpaired) electrons. The highest BCUT2D eigenvalue weighted by Crippen LogP contribution is 2.09. The van der Waals surface area contributed by atoms with E-state index in [-0.39, 0.29) is 6.03 Å². The monoisotopic (exact) mass is 235 g/mol. The van der Waals surface area contributed by atoms with E-state index >= 15 is 0 Å². The molecule has 0 bridgehead atoms. The Balaban J connectivity index is 1.85. The predicted molar refractivity (Wildman–Crippen MR) is 65.5 cm³/mol. The summed E-state index contributed by atoms with van der Waals surface area (Å²) in [4.78, 5) is 13.6. The van der Waals surface area contributed by atoms with Crippen LogP contribution in [0.3, 0.4) is 0 Å². The van der Waals surface area contributed by atoms with Crippen molar-refractivity contribution in [3.8, 4) is 0 Å². The van der Waals surface area contributed by atoms with Gasteiger partial charge in [0.05, 0.1) is 13.2 Å². The van der Waals surface area contributed by atoms with Gasteiger partial charge < -0.3 is 20.7 Å². The summed E-state index contributed by atoms with van der Waals surface area (Å²) in [6.45, 7) is 2.98. The SMILES string of the molecule is Nc1ccccc1CNC(=O)N1CCOCC1.